The van der Waals surface area contributed by atoms with Crippen LogP contribution in [0, 0.1) is 11.3 Å². The highest BCUT2D eigenvalue weighted by molar-refractivity contribution is 6.07. The molecule has 1 aromatic carbocycles. The third-order valence-electron chi connectivity index (χ3n) is 3.69. The molecule has 0 aliphatic carbocycles. The van der Waals surface area contributed by atoms with E-state index in [0.29, 0.717) is 25.0 Å². The summed E-state index contributed by atoms with van der Waals surface area (Å²) in [4.78, 5) is 25.8. The minimum Gasteiger partial charge on any atom is -0.494 e. The summed E-state index contributed by atoms with van der Waals surface area (Å²) in [7, 11) is 0. The fraction of sp³-hybridized carbons (Fsp3) is 0.438. The summed E-state index contributed by atoms with van der Waals surface area (Å²) >= 11 is 0. The summed E-state index contributed by atoms with van der Waals surface area (Å²) in [5.41, 5.74) is -0.369. The zero-order valence-electron chi connectivity index (χ0n) is 12.8. The van der Waals surface area contributed by atoms with Crippen molar-refractivity contribution >= 4 is 11.9 Å². The molecule has 0 spiro atoms. The quantitative estimate of drug-likeness (QED) is 0.644. The molecule has 116 valence electrons. The Hall–Kier alpha value is -2.55. The summed E-state index contributed by atoms with van der Waals surface area (Å²) in [5, 5.41) is 11.3. The number of nitrogens with zero attached hydrogens (tertiary/aromatic N) is 2. The van der Waals surface area contributed by atoms with Crippen molar-refractivity contribution in [3.63, 3.8) is 0 Å². The van der Waals surface area contributed by atoms with E-state index in [2.05, 4.69) is 5.32 Å². The van der Waals surface area contributed by atoms with Gasteiger partial charge in [-0.05, 0) is 38.0 Å². The van der Waals surface area contributed by atoms with E-state index in [4.69, 9.17) is 10.00 Å². The number of hydrogen-bond donors (Lipinski definition) is 1. The first-order valence-corrected chi connectivity index (χ1v) is 7.27. The van der Waals surface area contributed by atoms with Crippen LogP contribution in [0.3, 0.4) is 0 Å². The van der Waals surface area contributed by atoms with Gasteiger partial charge in [-0.25, -0.2) is 4.79 Å². The molecule has 1 heterocycles. The number of ether oxygens (including phenoxy) is 1. The Morgan fingerprint density at radius 2 is 2.00 bits per heavy atom. The van der Waals surface area contributed by atoms with Gasteiger partial charge in [-0.1, -0.05) is 12.1 Å². The molecular formula is C16H19N3O3. The van der Waals surface area contributed by atoms with Gasteiger partial charge < -0.3 is 10.1 Å². The van der Waals surface area contributed by atoms with Crippen LogP contribution < -0.4 is 10.1 Å². The molecule has 1 atom stereocenters. The summed E-state index contributed by atoms with van der Waals surface area (Å²) < 4.78 is 5.38. The van der Waals surface area contributed by atoms with Gasteiger partial charge in [0.1, 0.15) is 11.3 Å². The number of carbonyl (C=O) groups is 2. The third-order valence-corrected chi connectivity index (χ3v) is 3.69. The molecule has 1 aromatic rings. The van der Waals surface area contributed by atoms with Gasteiger partial charge in [0.05, 0.1) is 12.7 Å². The lowest BCUT2D eigenvalue weighted by atomic mass is 9.92. The molecule has 1 saturated heterocycles. The Bertz CT molecular complexity index is 606. The predicted molar refractivity (Wildman–Crippen MR) is 80.1 cm³/mol. The molecule has 6 nitrogen and oxygen atoms in total. The number of nitrogens with one attached hydrogen (secondary N) is 1. The number of carbonyl (C=O) groups excluding carboxylic acids is 2. The molecule has 2 rings (SSSR count). The predicted octanol–water partition coefficient (Wildman–Crippen LogP) is 2.16. The van der Waals surface area contributed by atoms with Crippen LogP contribution in [0.25, 0.3) is 0 Å². The Morgan fingerprint density at radius 3 is 2.59 bits per heavy atom. The normalized spacial score (nSPS) is 20.7. The first kappa shape index (κ1) is 15.8. The average molecular weight is 301 g/mol. The van der Waals surface area contributed by atoms with E-state index < -0.39 is 11.6 Å². The van der Waals surface area contributed by atoms with E-state index in [-0.39, 0.29) is 12.5 Å². The van der Waals surface area contributed by atoms with E-state index in [1.54, 1.807) is 31.2 Å². The van der Waals surface area contributed by atoms with Gasteiger partial charge in [-0.2, -0.15) is 5.26 Å². The summed E-state index contributed by atoms with van der Waals surface area (Å²) in [6.07, 6.45) is 0.797. The van der Waals surface area contributed by atoms with Crippen LogP contribution >= 0.6 is 0 Å². The average Bonchev–Trinajstić information content (AvgIpc) is 2.72. The Labute approximate surface area is 129 Å². The zero-order valence-corrected chi connectivity index (χ0v) is 12.8. The number of unbranched alkanes of at least 4 members (excludes halogenated alkanes) is 1. The summed E-state index contributed by atoms with van der Waals surface area (Å²) in [5.74, 6) is 0.428. The Kier molecular flexibility index (Phi) is 4.66. The van der Waals surface area contributed by atoms with Crippen molar-refractivity contribution in [1.29, 1.82) is 5.26 Å². The molecule has 6 heteroatoms. The molecule has 3 amide bonds. The summed E-state index contributed by atoms with van der Waals surface area (Å²) in [6, 6.07) is 8.71. The van der Waals surface area contributed by atoms with Gasteiger partial charge >= 0.3 is 6.03 Å². The molecule has 1 fully saturated rings. The number of imide groups is 1. The van der Waals surface area contributed by atoms with Crippen molar-refractivity contribution in [3.8, 4) is 11.8 Å². The maximum atomic E-state index is 12.6. The van der Waals surface area contributed by atoms with E-state index >= 15 is 0 Å². The SMILES string of the molecule is CCOc1ccc(C2(C)NC(=O)N(CCCC#N)C2=O)cc1. The van der Waals surface area contributed by atoms with Gasteiger partial charge in [0.25, 0.3) is 5.91 Å². The first-order chi connectivity index (χ1) is 10.5. The van der Waals surface area contributed by atoms with Crippen molar-refractivity contribution in [3.05, 3.63) is 29.8 Å². The molecule has 0 radical (unpaired) electrons. The number of hydrogen-bond acceptors (Lipinski definition) is 4. The van der Waals surface area contributed by atoms with Gasteiger partial charge in [-0.15, -0.1) is 0 Å². The maximum Gasteiger partial charge on any atom is 0.325 e. The van der Waals surface area contributed by atoms with Crippen molar-refractivity contribution in [1.82, 2.24) is 10.2 Å². The lowest BCUT2D eigenvalue weighted by Crippen LogP contribution is -2.40. The first-order valence-electron chi connectivity index (χ1n) is 7.27. The molecule has 0 aromatic heterocycles. The third kappa shape index (κ3) is 2.89. The topological polar surface area (TPSA) is 82.4 Å². The number of nitriles is 1. The van der Waals surface area contributed by atoms with Gasteiger partial charge in [0.2, 0.25) is 0 Å². The molecule has 1 aliphatic rings. The second-order valence-corrected chi connectivity index (χ2v) is 5.23. The molecule has 1 unspecified atom stereocenters. The van der Waals surface area contributed by atoms with Crippen LogP contribution in [0.4, 0.5) is 4.79 Å². The fourth-order valence-corrected chi connectivity index (χ4v) is 2.46. The minimum absolute atomic E-state index is 0.255. The van der Waals surface area contributed by atoms with Crippen molar-refractivity contribution in [2.75, 3.05) is 13.2 Å². The van der Waals surface area contributed by atoms with E-state index in [1.807, 2.05) is 13.0 Å². The maximum absolute atomic E-state index is 12.6. The van der Waals surface area contributed by atoms with E-state index in [1.165, 1.54) is 4.90 Å². The molecule has 22 heavy (non-hydrogen) atoms. The second kappa shape index (κ2) is 6.48. The molecule has 0 bridgehead atoms. The van der Waals surface area contributed by atoms with Crippen LogP contribution in [0.2, 0.25) is 0 Å². The van der Waals surface area contributed by atoms with E-state index in [9.17, 15) is 9.59 Å². The number of benzene rings is 1. The van der Waals surface area contributed by atoms with Crippen molar-refractivity contribution in [2.24, 2.45) is 0 Å². The van der Waals surface area contributed by atoms with Gasteiger partial charge in [0, 0.05) is 13.0 Å². The highest BCUT2D eigenvalue weighted by atomic mass is 16.5. The lowest BCUT2D eigenvalue weighted by molar-refractivity contribution is -0.131. The minimum atomic E-state index is -1.07. The zero-order chi connectivity index (χ0) is 16.2. The largest absolute Gasteiger partial charge is 0.494 e. The number of amides is 3. The molecule has 0 saturated carbocycles. The standard InChI is InChI=1S/C16H19N3O3/c1-3-22-13-8-6-12(7-9-13)16(2)14(20)19(15(21)18-16)11-5-4-10-17/h6-9H,3-5,11H2,1-2H3,(H,18,21). The van der Waals surface area contributed by atoms with Crippen molar-refractivity contribution < 1.29 is 14.3 Å². The highest BCUT2D eigenvalue weighted by Crippen LogP contribution is 2.30. The lowest BCUT2D eigenvalue weighted by Gasteiger charge is -2.22. The Morgan fingerprint density at radius 1 is 1.32 bits per heavy atom. The van der Waals surface area contributed by atoms with E-state index in [0.717, 1.165) is 5.75 Å². The monoisotopic (exact) mass is 301 g/mol. The molecular weight excluding hydrogens is 282 g/mol. The van der Waals surface area contributed by atoms with Crippen LogP contribution in [-0.2, 0) is 10.3 Å². The highest BCUT2D eigenvalue weighted by Gasteiger charge is 2.48. The Balaban J connectivity index is 2.17. The summed E-state index contributed by atoms with van der Waals surface area (Å²) in [6.45, 7) is 4.41. The van der Waals surface area contributed by atoms with Gasteiger partial charge in [-0.3, -0.25) is 9.69 Å². The van der Waals surface area contributed by atoms with Crippen LogP contribution in [-0.4, -0.2) is 30.0 Å². The smallest absolute Gasteiger partial charge is 0.325 e. The molecule has 1 N–H and O–H groups in total. The second-order valence-electron chi connectivity index (χ2n) is 5.23. The van der Waals surface area contributed by atoms with Crippen LogP contribution in [0.1, 0.15) is 32.3 Å². The number of rotatable bonds is 6. The van der Waals surface area contributed by atoms with Gasteiger partial charge in [0.15, 0.2) is 0 Å². The van der Waals surface area contributed by atoms with Crippen LogP contribution in [0.15, 0.2) is 24.3 Å². The van der Waals surface area contributed by atoms with Crippen LogP contribution in [0.5, 0.6) is 5.75 Å². The van der Waals surface area contributed by atoms with Crippen molar-refractivity contribution in [2.45, 2.75) is 32.2 Å². The fourth-order valence-electron chi connectivity index (χ4n) is 2.46. The molecule has 1 aliphatic heterocycles. The number of urea groups is 1.